The van der Waals surface area contributed by atoms with Gasteiger partial charge in [0.15, 0.2) is 0 Å². The fraction of sp³-hybridized carbons (Fsp3) is 0.361. The lowest BCUT2D eigenvalue weighted by Crippen LogP contribution is -2.36. The van der Waals surface area contributed by atoms with Crippen LogP contribution >= 0.6 is 0 Å². The number of hydrogen-bond acceptors (Lipinski definition) is 6. The van der Waals surface area contributed by atoms with Crippen LogP contribution in [0.15, 0.2) is 73.1 Å². The van der Waals surface area contributed by atoms with Crippen LogP contribution in [0.25, 0.3) is 11.1 Å². The summed E-state index contributed by atoms with van der Waals surface area (Å²) in [5.41, 5.74) is 7.79. The second-order valence-corrected chi connectivity index (χ2v) is 14.2. The first-order valence-corrected chi connectivity index (χ1v) is 17.6. The van der Waals surface area contributed by atoms with Crippen molar-refractivity contribution < 1.29 is 27.3 Å². The first-order chi connectivity index (χ1) is 22.5. The second kappa shape index (κ2) is 13.3. The van der Waals surface area contributed by atoms with E-state index in [0.29, 0.717) is 49.3 Å². The molecule has 2 unspecified atom stereocenters. The molecular weight excluding hydrogens is 616 g/mol. The summed E-state index contributed by atoms with van der Waals surface area (Å²) in [6, 6.07) is 19.2. The zero-order valence-electron chi connectivity index (χ0n) is 26.8. The Labute approximate surface area is 275 Å². The fourth-order valence-electron chi connectivity index (χ4n) is 6.64. The highest BCUT2D eigenvalue weighted by molar-refractivity contribution is 7.85. The van der Waals surface area contributed by atoms with Crippen LogP contribution in [0.4, 0.5) is 5.69 Å². The maximum atomic E-state index is 13.6. The number of hydrogen-bond donors (Lipinski definition) is 2. The number of carbonyl (C=O) groups is 2. The van der Waals surface area contributed by atoms with E-state index >= 15 is 0 Å². The highest BCUT2D eigenvalue weighted by atomic mass is 32.2. The number of fused-ring (bicyclic) bond motifs is 3. The Hall–Kier alpha value is -4.48. The first-order valence-electron chi connectivity index (χ1n) is 16.0. The summed E-state index contributed by atoms with van der Waals surface area (Å²) in [6.45, 7) is 7.84. The van der Waals surface area contributed by atoms with Crippen molar-refractivity contribution in [2.45, 2.75) is 46.1 Å². The molecule has 3 aromatic carbocycles. The number of nitrogens with one attached hydrogen (secondary N) is 1. The molecule has 0 bridgehead atoms. The molecule has 2 heterocycles. The quantitative estimate of drug-likeness (QED) is 0.155. The summed E-state index contributed by atoms with van der Waals surface area (Å²) < 4.78 is 38.6. The Bertz CT molecular complexity index is 1920. The normalized spacial score (nSPS) is 18.3. The number of aryl methyl sites for hydroxylation is 1. The van der Waals surface area contributed by atoms with Crippen LogP contribution in [0.1, 0.15) is 58.3 Å². The summed E-state index contributed by atoms with van der Waals surface area (Å²) in [5.74, 6) is 1.33. The minimum absolute atomic E-state index is 0.114. The number of benzene rings is 3. The monoisotopic (exact) mass is 656 g/mol. The van der Waals surface area contributed by atoms with Gasteiger partial charge in [0.25, 0.3) is 16.0 Å². The van der Waals surface area contributed by atoms with E-state index < -0.39 is 21.8 Å². The van der Waals surface area contributed by atoms with Crippen molar-refractivity contribution in [3.8, 4) is 16.9 Å². The Morgan fingerprint density at radius 3 is 2.68 bits per heavy atom. The fourth-order valence-corrected chi connectivity index (χ4v) is 7.00. The molecule has 1 aliphatic heterocycles. The van der Waals surface area contributed by atoms with E-state index in [0.717, 1.165) is 40.2 Å². The van der Waals surface area contributed by atoms with Gasteiger partial charge in [0.05, 0.1) is 25.1 Å². The molecule has 6 rings (SSSR count). The van der Waals surface area contributed by atoms with E-state index in [2.05, 4.69) is 49.4 Å². The molecule has 4 aromatic rings. The van der Waals surface area contributed by atoms with Crippen molar-refractivity contribution in [1.82, 2.24) is 15.1 Å². The van der Waals surface area contributed by atoms with Gasteiger partial charge in [-0.3, -0.25) is 18.8 Å². The van der Waals surface area contributed by atoms with Gasteiger partial charge in [-0.15, -0.1) is 0 Å². The van der Waals surface area contributed by atoms with Gasteiger partial charge in [0.1, 0.15) is 5.75 Å². The van der Waals surface area contributed by atoms with Crippen LogP contribution in [0, 0.1) is 25.7 Å². The van der Waals surface area contributed by atoms with Gasteiger partial charge in [-0.05, 0) is 90.1 Å². The van der Waals surface area contributed by atoms with Gasteiger partial charge in [-0.1, -0.05) is 43.3 Å². The van der Waals surface area contributed by atoms with Crippen molar-refractivity contribution in [3.63, 3.8) is 0 Å². The summed E-state index contributed by atoms with van der Waals surface area (Å²) in [4.78, 5) is 28.1. The van der Waals surface area contributed by atoms with E-state index in [1.54, 1.807) is 18.2 Å². The largest absolute Gasteiger partial charge is 0.493 e. The summed E-state index contributed by atoms with van der Waals surface area (Å²) >= 11 is 0. The van der Waals surface area contributed by atoms with Gasteiger partial charge < -0.3 is 15.0 Å². The van der Waals surface area contributed by atoms with Crippen LogP contribution in [0.3, 0.4) is 0 Å². The van der Waals surface area contributed by atoms with Gasteiger partial charge in [0.2, 0.25) is 5.91 Å². The highest BCUT2D eigenvalue weighted by Gasteiger charge is 2.54. The van der Waals surface area contributed by atoms with Crippen LogP contribution in [-0.2, 0) is 21.5 Å². The number of anilines is 1. The molecule has 2 amide bonds. The van der Waals surface area contributed by atoms with Crippen molar-refractivity contribution in [3.05, 3.63) is 101 Å². The lowest BCUT2D eigenvalue weighted by molar-refractivity contribution is -0.119. The van der Waals surface area contributed by atoms with Gasteiger partial charge in [0, 0.05) is 42.5 Å². The third-order valence-electron chi connectivity index (χ3n) is 9.43. The predicted molar refractivity (Wildman–Crippen MR) is 180 cm³/mol. The molecule has 0 spiro atoms. The van der Waals surface area contributed by atoms with Gasteiger partial charge in [-0.2, -0.15) is 13.5 Å². The molecule has 246 valence electrons. The average molecular weight is 657 g/mol. The predicted octanol–water partition coefficient (Wildman–Crippen LogP) is 5.39. The molecule has 11 heteroatoms. The summed E-state index contributed by atoms with van der Waals surface area (Å²) in [5, 5.41) is 7.13. The summed E-state index contributed by atoms with van der Waals surface area (Å²) in [7, 11) is -4.16. The van der Waals surface area contributed by atoms with Crippen molar-refractivity contribution in [2.24, 2.45) is 11.8 Å². The number of aromatic nitrogens is 2. The lowest BCUT2D eigenvalue weighted by atomic mass is 9.92. The molecule has 1 fully saturated rings. The zero-order valence-corrected chi connectivity index (χ0v) is 27.7. The van der Waals surface area contributed by atoms with Crippen LogP contribution < -0.4 is 15.0 Å². The molecule has 2 N–H and O–H groups in total. The Morgan fingerprint density at radius 1 is 1.09 bits per heavy atom. The standard InChI is InChI=1S/C36H40N4O6S/c1-23-8-4-13-32(24(23)2)46-16-7-14-33(41)40-22-30-25(3)34(30)35-29(11-6-12-31(35)40)28-19-38-39(21-28)20-26-9-5-10-27(18-26)36(42)37-15-17-47(43,44)45/h4-6,8-13,18-19,21,25,30,34H,7,14-17,20,22H2,1-3H3,(H,37,42)(H,43,44,45)/t25-,30?,34?/m0/s1. The van der Waals surface area contributed by atoms with Crippen molar-refractivity contribution in [1.29, 1.82) is 0 Å². The minimum Gasteiger partial charge on any atom is -0.493 e. The molecule has 1 saturated carbocycles. The maximum absolute atomic E-state index is 13.6. The molecular formula is C36H40N4O6S. The van der Waals surface area contributed by atoms with E-state index in [4.69, 9.17) is 9.29 Å². The van der Waals surface area contributed by atoms with E-state index in [1.165, 1.54) is 11.1 Å². The highest BCUT2D eigenvalue weighted by Crippen LogP contribution is 2.61. The van der Waals surface area contributed by atoms with Crippen molar-refractivity contribution in [2.75, 3.05) is 30.3 Å². The zero-order chi connectivity index (χ0) is 33.3. The molecule has 0 saturated heterocycles. The first kappa shape index (κ1) is 32.5. The van der Waals surface area contributed by atoms with Crippen LogP contribution in [0.5, 0.6) is 5.75 Å². The third kappa shape index (κ3) is 7.26. The number of nitrogens with zero attached hydrogens (tertiary/aromatic N) is 3. The van der Waals surface area contributed by atoms with Crippen LogP contribution in [-0.4, -0.2) is 60.0 Å². The molecule has 1 aliphatic carbocycles. The topological polar surface area (TPSA) is 131 Å². The number of amides is 2. The number of ether oxygens (including phenoxy) is 1. The third-order valence-corrected chi connectivity index (χ3v) is 10.2. The van der Waals surface area contributed by atoms with Crippen molar-refractivity contribution >= 4 is 27.6 Å². The van der Waals surface area contributed by atoms with E-state index in [-0.39, 0.29) is 12.5 Å². The average Bonchev–Trinajstić information content (AvgIpc) is 3.46. The summed E-state index contributed by atoms with van der Waals surface area (Å²) in [6.07, 6.45) is 4.88. The molecule has 47 heavy (non-hydrogen) atoms. The van der Waals surface area contributed by atoms with Gasteiger partial charge >= 0.3 is 0 Å². The lowest BCUT2D eigenvalue weighted by Gasteiger charge is -2.30. The molecule has 2 aliphatic rings. The Balaban J connectivity index is 1.14. The number of rotatable bonds is 12. The van der Waals surface area contributed by atoms with Crippen LogP contribution in [0.2, 0.25) is 0 Å². The van der Waals surface area contributed by atoms with Gasteiger partial charge in [-0.25, -0.2) is 0 Å². The SMILES string of the molecule is Cc1cccc(OCCCC(=O)N2CC3C(c4c(-c5cnn(Cc6cccc(C(=O)NCCS(=O)(=O)O)c6)c5)cccc42)[C@H]3C)c1C. The smallest absolute Gasteiger partial charge is 0.266 e. The Morgan fingerprint density at radius 2 is 1.87 bits per heavy atom. The molecule has 0 radical (unpaired) electrons. The van der Waals surface area contributed by atoms with E-state index in [9.17, 15) is 18.0 Å². The maximum Gasteiger partial charge on any atom is 0.266 e. The van der Waals surface area contributed by atoms with E-state index in [1.807, 2.05) is 46.2 Å². The minimum atomic E-state index is -4.16. The molecule has 3 atom stereocenters. The number of carbonyl (C=O) groups excluding carboxylic acids is 2. The molecule has 10 nitrogen and oxygen atoms in total. The second-order valence-electron chi connectivity index (χ2n) is 12.6. The Kier molecular flexibility index (Phi) is 9.20. The molecule has 1 aromatic heterocycles.